The zero-order valence-corrected chi connectivity index (χ0v) is 11.7. The Bertz CT molecular complexity index is 451. The van der Waals surface area contributed by atoms with Crippen molar-refractivity contribution in [2.45, 2.75) is 20.4 Å². The van der Waals surface area contributed by atoms with Crippen LogP contribution in [0, 0.1) is 5.41 Å². The second kappa shape index (κ2) is 6.38. The first-order valence-electron chi connectivity index (χ1n) is 6.00. The van der Waals surface area contributed by atoms with Gasteiger partial charge < -0.3 is 19.8 Å². The van der Waals surface area contributed by atoms with Crippen LogP contribution >= 0.6 is 0 Å². The van der Waals surface area contributed by atoms with Gasteiger partial charge in [0.1, 0.15) is 5.76 Å². The highest BCUT2D eigenvalue weighted by atomic mass is 16.5. The number of hydrogen-bond donors (Lipinski definition) is 2. The zero-order valence-electron chi connectivity index (χ0n) is 11.7. The number of amides is 1. The first-order chi connectivity index (χ1) is 8.90. The third-order valence-electron chi connectivity index (χ3n) is 2.76. The first kappa shape index (κ1) is 15.2. The predicted molar refractivity (Wildman–Crippen MR) is 69.6 cm³/mol. The molecular formula is C13H20N2O4. The molecule has 1 aromatic heterocycles. The molecule has 6 nitrogen and oxygen atoms in total. The van der Waals surface area contributed by atoms with E-state index in [1.54, 1.807) is 19.2 Å². The topological polar surface area (TPSA) is 80.6 Å². The van der Waals surface area contributed by atoms with Crippen molar-refractivity contribution in [3.05, 3.63) is 23.7 Å². The maximum absolute atomic E-state index is 11.6. The molecule has 0 radical (unpaired) electrons. The van der Waals surface area contributed by atoms with Crippen LogP contribution < -0.4 is 10.6 Å². The van der Waals surface area contributed by atoms with Crippen LogP contribution in [-0.2, 0) is 16.1 Å². The number of hydrogen-bond acceptors (Lipinski definition) is 5. The number of rotatable bonds is 6. The van der Waals surface area contributed by atoms with Crippen molar-refractivity contribution >= 4 is 11.9 Å². The van der Waals surface area contributed by atoms with Crippen LogP contribution in [0.5, 0.6) is 0 Å². The lowest BCUT2D eigenvalue weighted by Crippen LogP contribution is -2.41. The average Bonchev–Trinajstić information content (AvgIpc) is 2.85. The fourth-order valence-electron chi connectivity index (χ4n) is 1.60. The molecule has 2 N–H and O–H groups in total. The van der Waals surface area contributed by atoms with E-state index in [0.717, 1.165) is 0 Å². The molecule has 0 aliphatic rings. The number of carbonyl (C=O) groups excluding carboxylic acids is 2. The summed E-state index contributed by atoms with van der Waals surface area (Å²) in [5, 5.41) is 5.74. The Labute approximate surface area is 112 Å². The Balaban J connectivity index is 2.47. The number of furan rings is 1. The van der Waals surface area contributed by atoms with Gasteiger partial charge in [0.05, 0.1) is 19.1 Å². The lowest BCUT2D eigenvalue weighted by molar-refractivity contribution is -0.128. The SMILES string of the molecule is CNC(=O)C(C)(C)CNCc1ccc(C(=O)OC)o1. The minimum Gasteiger partial charge on any atom is -0.463 e. The van der Waals surface area contributed by atoms with Crippen molar-refractivity contribution in [2.24, 2.45) is 5.41 Å². The fraction of sp³-hybridized carbons (Fsp3) is 0.538. The van der Waals surface area contributed by atoms with Gasteiger partial charge in [-0.05, 0) is 26.0 Å². The molecule has 0 bridgehead atoms. The Hall–Kier alpha value is -1.82. The van der Waals surface area contributed by atoms with Crippen LogP contribution in [0.25, 0.3) is 0 Å². The van der Waals surface area contributed by atoms with E-state index in [0.29, 0.717) is 18.8 Å². The molecule has 0 unspecified atom stereocenters. The molecule has 19 heavy (non-hydrogen) atoms. The molecule has 0 saturated carbocycles. The molecule has 0 aliphatic heterocycles. The summed E-state index contributed by atoms with van der Waals surface area (Å²) in [6, 6.07) is 3.26. The normalized spacial score (nSPS) is 11.2. The smallest absolute Gasteiger partial charge is 0.373 e. The molecule has 0 fully saturated rings. The zero-order chi connectivity index (χ0) is 14.5. The van der Waals surface area contributed by atoms with Crippen LogP contribution in [0.3, 0.4) is 0 Å². The molecule has 1 amide bonds. The predicted octanol–water partition coefficient (Wildman–Crippen LogP) is 0.928. The summed E-state index contributed by atoms with van der Waals surface area (Å²) in [7, 11) is 2.91. The van der Waals surface area contributed by atoms with Gasteiger partial charge >= 0.3 is 5.97 Å². The minimum atomic E-state index is -0.507. The lowest BCUT2D eigenvalue weighted by atomic mass is 9.92. The second-order valence-corrected chi connectivity index (χ2v) is 4.82. The number of nitrogens with one attached hydrogen (secondary N) is 2. The molecule has 0 aliphatic carbocycles. The minimum absolute atomic E-state index is 0.0327. The molecule has 1 heterocycles. The van der Waals surface area contributed by atoms with Crippen molar-refractivity contribution in [1.29, 1.82) is 0 Å². The van der Waals surface area contributed by atoms with Gasteiger partial charge in [-0.25, -0.2) is 4.79 Å². The van der Waals surface area contributed by atoms with Crippen LogP contribution in [0.4, 0.5) is 0 Å². The number of carbonyl (C=O) groups is 2. The molecule has 1 rings (SSSR count). The quantitative estimate of drug-likeness (QED) is 0.750. The van der Waals surface area contributed by atoms with E-state index >= 15 is 0 Å². The maximum atomic E-state index is 11.6. The number of ether oxygens (including phenoxy) is 1. The van der Waals surface area contributed by atoms with E-state index in [1.165, 1.54) is 7.11 Å². The van der Waals surface area contributed by atoms with Crippen molar-refractivity contribution < 1.29 is 18.7 Å². The summed E-state index contributed by atoms with van der Waals surface area (Å²) in [6.45, 7) is 4.64. The monoisotopic (exact) mass is 268 g/mol. The number of methoxy groups -OCH3 is 1. The van der Waals surface area contributed by atoms with Gasteiger partial charge in [0.25, 0.3) is 0 Å². The van der Waals surface area contributed by atoms with Gasteiger partial charge in [-0.1, -0.05) is 0 Å². The van der Waals surface area contributed by atoms with Crippen LogP contribution in [0.2, 0.25) is 0 Å². The van der Waals surface area contributed by atoms with Crippen molar-refractivity contribution in [3.63, 3.8) is 0 Å². The molecule has 0 atom stereocenters. The highest BCUT2D eigenvalue weighted by molar-refractivity contribution is 5.86. The van der Waals surface area contributed by atoms with Gasteiger partial charge in [0.2, 0.25) is 11.7 Å². The summed E-state index contributed by atoms with van der Waals surface area (Å²) in [4.78, 5) is 22.8. The molecule has 1 aromatic rings. The molecule has 6 heteroatoms. The van der Waals surface area contributed by atoms with E-state index in [9.17, 15) is 9.59 Å². The Morgan fingerprint density at radius 3 is 2.63 bits per heavy atom. The summed E-state index contributed by atoms with van der Waals surface area (Å²) in [5.41, 5.74) is -0.507. The van der Waals surface area contributed by atoms with Gasteiger partial charge in [0.15, 0.2) is 0 Å². The van der Waals surface area contributed by atoms with E-state index in [2.05, 4.69) is 15.4 Å². The summed E-state index contributed by atoms with van der Waals surface area (Å²) in [5.74, 6) is 0.254. The van der Waals surface area contributed by atoms with Crippen LogP contribution in [-0.4, -0.2) is 32.6 Å². The van der Waals surface area contributed by atoms with Crippen molar-refractivity contribution in [1.82, 2.24) is 10.6 Å². The third-order valence-corrected chi connectivity index (χ3v) is 2.76. The third kappa shape index (κ3) is 4.10. The largest absolute Gasteiger partial charge is 0.463 e. The lowest BCUT2D eigenvalue weighted by Gasteiger charge is -2.22. The molecular weight excluding hydrogens is 248 g/mol. The van der Waals surface area contributed by atoms with E-state index < -0.39 is 11.4 Å². The van der Waals surface area contributed by atoms with Crippen LogP contribution in [0.15, 0.2) is 16.5 Å². The molecule has 0 spiro atoms. The summed E-state index contributed by atoms with van der Waals surface area (Å²) in [6.07, 6.45) is 0. The molecule has 0 aromatic carbocycles. The Kier molecular flexibility index (Phi) is 5.11. The maximum Gasteiger partial charge on any atom is 0.373 e. The van der Waals surface area contributed by atoms with E-state index in [-0.39, 0.29) is 11.7 Å². The highest BCUT2D eigenvalue weighted by Crippen LogP contribution is 2.14. The average molecular weight is 268 g/mol. The van der Waals surface area contributed by atoms with Crippen molar-refractivity contribution in [2.75, 3.05) is 20.7 Å². The fourth-order valence-corrected chi connectivity index (χ4v) is 1.60. The summed E-state index contributed by atoms with van der Waals surface area (Å²) >= 11 is 0. The van der Waals surface area contributed by atoms with E-state index in [1.807, 2.05) is 13.8 Å². The van der Waals surface area contributed by atoms with Crippen molar-refractivity contribution in [3.8, 4) is 0 Å². The van der Waals surface area contributed by atoms with Gasteiger partial charge in [-0.3, -0.25) is 4.79 Å². The highest BCUT2D eigenvalue weighted by Gasteiger charge is 2.26. The van der Waals surface area contributed by atoms with Gasteiger partial charge in [0, 0.05) is 13.6 Å². The molecule has 106 valence electrons. The second-order valence-electron chi connectivity index (χ2n) is 4.82. The number of esters is 1. The van der Waals surface area contributed by atoms with E-state index in [4.69, 9.17) is 4.42 Å². The summed E-state index contributed by atoms with van der Waals surface area (Å²) < 4.78 is 9.85. The first-order valence-corrected chi connectivity index (χ1v) is 6.00. The Morgan fingerprint density at radius 1 is 1.37 bits per heavy atom. The van der Waals surface area contributed by atoms with Gasteiger partial charge in [-0.15, -0.1) is 0 Å². The standard InChI is InChI=1S/C13H20N2O4/c1-13(2,12(17)14-3)8-15-7-9-5-6-10(19-9)11(16)18-4/h5-6,15H,7-8H2,1-4H3,(H,14,17). The Morgan fingerprint density at radius 2 is 2.05 bits per heavy atom. The van der Waals surface area contributed by atoms with Crippen LogP contribution in [0.1, 0.15) is 30.2 Å². The van der Waals surface area contributed by atoms with Gasteiger partial charge in [-0.2, -0.15) is 0 Å². The molecule has 0 saturated heterocycles.